The van der Waals surface area contributed by atoms with Crippen molar-refractivity contribution in [2.75, 3.05) is 26.9 Å². The lowest BCUT2D eigenvalue weighted by Crippen LogP contribution is -2.41. The molecule has 5 N–H and O–H groups in total. The number of H-pyrrole nitrogens is 2. The first kappa shape index (κ1) is 47.8. The molecule has 64 heavy (non-hydrogen) atoms. The fourth-order valence-electron chi connectivity index (χ4n) is 9.52. The Morgan fingerprint density at radius 2 is 1.52 bits per heavy atom. The number of unbranched alkanes of at least 4 members (excludes halogenated alkanes) is 1. The molecule has 2 aliphatic heterocycles. The van der Waals surface area contributed by atoms with Gasteiger partial charge in [-0.25, -0.2) is 4.79 Å². The first-order valence-electron chi connectivity index (χ1n) is 22.7. The highest BCUT2D eigenvalue weighted by Crippen LogP contribution is 2.48. The Morgan fingerprint density at radius 3 is 2.19 bits per heavy atom. The second-order valence-electron chi connectivity index (χ2n) is 18.1. The molecular weight excluding hydrogens is 817 g/mol. The van der Waals surface area contributed by atoms with E-state index in [1.807, 2.05) is 39.0 Å². The van der Waals surface area contributed by atoms with Crippen LogP contribution in [0.1, 0.15) is 183 Å². The van der Waals surface area contributed by atoms with E-state index >= 15 is 0 Å². The SMILES string of the molecule is CC[C@H]1c2cc3[nH]c4c(c3C)C(=O)C(C(=O)OC)c4c3nc(cc4[nH]c(cc(n2)[C@@H]1C)c(C(C)=O)c4C)[C@@H](C)[C@@H]3CCC(=O)NCCCCC(NC(=O)CCOCCC(C)C)C(=O)O. The number of hydrogen-bond donors (Lipinski definition) is 5. The molecule has 1 aliphatic carbocycles. The van der Waals surface area contributed by atoms with E-state index < -0.39 is 23.9 Å². The minimum atomic E-state index is -1.26. The zero-order valence-electron chi connectivity index (χ0n) is 38.7. The van der Waals surface area contributed by atoms with Crippen LogP contribution >= 0.6 is 0 Å². The van der Waals surface area contributed by atoms with Crippen LogP contribution in [-0.2, 0) is 28.7 Å². The topological polar surface area (TPSA) is 223 Å². The standard InChI is InChI=1S/C49H64N6O9/c1-10-30-25(4)33-23-38-41(29(8)56)27(6)35(52-38)21-34-26(5)31(14-15-39(57)50-18-12-11-13-32(48(60)61)53-40(58)17-20-64-19-16-24(2)3)45(54-34)43-44(49(62)63-9)47(59)42-28(7)36(55-46(42)43)22-37(30)51-33/h21-26,30-32,44,52,55H,10-20H2,1-9H3,(H,50,57)(H,53,58)(H,60,61)/t25-,26+,30-,31+,32?,44?/m1/s1. The van der Waals surface area contributed by atoms with E-state index in [2.05, 4.69) is 48.3 Å². The summed E-state index contributed by atoms with van der Waals surface area (Å²) in [5.74, 6) is -4.17. The molecule has 0 spiro atoms. The molecule has 2 amide bonds. The molecule has 6 atom stereocenters. The summed E-state index contributed by atoms with van der Waals surface area (Å²) in [4.78, 5) is 96.1. The van der Waals surface area contributed by atoms with Gasteiger partial charge in [-0.2, -0.15) is 0 Å². The van der Waals surface area contributed by atoms with Gasteiger partial charge in [-0.15, -0.1) is 0 Å². The number of fused-ring (bicyclic) bond motifs is 8. The Labute approximate surface area is 374 Å². The molecule has 0 saturated heterocycles. The zero-order chi connectivity index (χ0) is 46.6. The highest BCUT2D eigenvalue weighted by molar-refractivity contribution is 6.23. The number of ether oxygens (including phenoxy) is 2. The van der Waals surface area contributed by atoms with Crippen molar-refractivity contribution in [1.82, 2.24) is 30.6 Å². The van der Waals surface area contributed by atoms with Gasteiger partial charge in [0.05, 0.1) is 30.4 Å². The number of nitrogens with one attached hydrogen (secondary N) is 4. The van der Waals surface area contributed by atoms with Gasteiger partial charge in [-0.1, -0.05) is 34.6 Å². The maximum atomic E-state index is 14.4. The monoisotopic (exact) mass is 880 g/mol. The van der Waals surface area contributed by atoms with Gasteiger partial charge in [-0.3, -0.25) is 33.9 Å². The Balaban J connectivity index is 1.28. The molecule has 3 aromatic rings. The number of aromatic nitrogens is 4. The van der Waals surface area contributed by atoms with Crippen LogP contribution in [-0.4, -0.2) is 93.3 Å². The molecule has 0 aromatic carbocycles. The van der Waals surface area contributed by atoms with Gasteiger partial charge in [0.2, 0.25) is 11.8 Å². The second-order valence-corrected chi connectivity index (χ2v) is 18.1. The van der Waals surface area contributed by atoms with Crippen molar-refractivity contribution in [3.8, 4) is 0 Å². The number of carbonyl (C=O) groups excluding carboxylic acids is 5. The molecule has 5 heterocycles. The first-order chi connectivity index (χ1) is 30.5. The number of nitrogens with zero attached hydrogens (tertiary/aromatic N) is 2. The van der Waals surface area contributed by atoms with Crippen molar-refractivity contribution in [2.24, 2.45) is 5.92 Å². The lowest BCUT2D eigenvalue weighted by molar-refractivity contribution is -0.142. The Morgan fingerprint density at radius 1 is 0.844 bits per heavy atom. The van der Waals surface area contributed by atoms with Crippen LogP contribution in [0.5, 0.6) is 0 Å². The van der Waals surface area contributed by atoms with Crippen LogP contribution in [0.15, 0.2) is 18.2 Å². The molecule has 344 valence electrons. The van der Waals surface area contributed by atoms with Gasteiger partial charge in [0, 0.05) is 94.5 Å². The fourth-order valence-corrected chi connectivity index (χ4v) is 9.52. The number of Topliss-reactive ketones (excluding diaryl/α,β-unsaturated/α-hetero) is 2. The largest absolute Gasteiger partial charge is 0.480 e. The van der Waals surface area contributed by atoms with E-state index in [9.17, 15) is 33.9 Å². The van der Waals surface area contributed by atoms with E-state index in [4.69, 9.17) is 19.4 Å². The van der Waals surface area contributed by atoms with E-state index in [-0.39, 0.29) is 72.9 Å². The number of hydrogen-bond acceptors (Lipinski definition) is 10. The summed E-state index contributed by atoms with van der Waals surface area (Å²) in [5.41, 5.74) is 8.33. The van der Waals surface area contributed by atoms with Crippen molar-refractivity contribution in [3.05, 3.63) is 68.8 Å². The second kappa shape index (κ2) is 20.4. The van der Waals surface area contributed by atoms with E-state index in [1.165, 1.54) is 7.11 Å². The number of esters is 1. The predicted molar refractivity (Wildman–Crippen MR) is 243 cm³/mol. The van der Waals surface area contributed by atoms with Crippen LogP contribution in [0.4, 0.5) is 0 Å². The molecule has 0 saturated carbocycles. The molecule has 8 bridgehead atoms. The number of aromatic amines is 2. The summed E-state index contributed by atoms with van der Waals surface area (Å²) in [6.07, 6.45) is 3.38. The number of aryl methyl sites for hydroxylation is 2. The zero-order valence-corrected chi connectivity index (χ0v) is 38.7. The summed E-state index contributed by atoms with van der Waals surface area (Å²) < 4.78 is 10.7. The molecule has 15 heteroatoms. The number of carboxylic acid groups (broad SMARTS) is 1. The molecule has 0 fully saturated rings. The van der Waals surface area contributed by atoms with E-state index in [0.717, 1.165) is 29.8 Å². The number of aliphatic carboxylic acids is 1. The lowest BCUT2D eigenvalue weighted by Gasteiger charge is -2.19. The van der Waals surface area contributed by atoms with Crippen molar-refractivity contribution >= 4 is 57.4 Å². The highest BCUT2D eigenvalue weighted by atomic mass is 16.5. The smallest absolute Gasteiger partial charge is 0.326 e. The Hall–Kier alpha value is -5.70. The molecule has 3 aromatic heterocycles. The first-order valence-corrected chi connectivity index (χ1v) is 22.7. The number of methoxy groups -OCH3 is 1. The average molecular weight is 881 g/mol. The van der Waals surface area contributed by atoms with Crippen LogP contribution in [0.3, 0.4) is 0 Å². The molecule has 6 rings (SSSR count). The number of carbonyl (C=O) groups is 6. The summed E-state index contributed by atoms with van der Waals surface area (Å²) in [7, 11) is 1.26. The third-order valence-corrected chi connectivity index (χ3v) is 13.3. The average Bonchev–Trinajstić information content (AvgIpc) is 3.99. The summed E-state index contributed by atoms with van der Waals surface area (Å²) in [6.45, 7) is 16.8. The van der Waals surface area contributed by atoms with Crippen molar-refractivity contribution < 1.29 is 43.3 Å². The Bertz CT molecular complexity index is 2480. The molecule has 3 aliphatic rings. The number of carboxylic acids is 1. The van der Waals surface area contributed by atoms with E-state index in [0.29, 0.717) is 94.0 Å². The Kier molecular flexibility index (Phi) is 15.2. The van der Waals surface area contributed by atoms with Crippen LogP contribution in [0, 0.1) is 19.8 Å². The summed E-state index contributed by atoms with van der Waals surface area (Å²) in [5, 5.41) is 15.2. The third kappa shape index (κ3) is 9.99. The van der Waals surface area contributed by atoms with Gasteiger partial charge >= 0.3 is 11.9 Å². The quantitative estimate of drug-likeness (QED) is 0.0337. The highest BCUT2D eigenvalue weighted by Gasteiger charge is 2.45. The predicted octanol–water partition coefficient (Wildman–Crippen LogP) is 7.86. The van der Waals surface area contributed by atoms with Gasteiger partial charge in [0.1, 0.15) is 12.0 Å². The number of rotatable bonds is 19. The molecular formula is C49H64N6O9. The normalized spacial score (nSPS) is 19.5. The van der Waals surface area contributed by atoms with Crippen LogP contribution in [0.2, 0.25) is 0 Å². The van der Waals surface area contributed by atoms with E-state index in [1.54, 1.807) is 6.92 Å². The maximum Gasteiger partial charge on any atom is 0.326 e. The van der Waals surface area contributed by atoms with Gasteiger partial charge in [-0.05, 0) is 94.5 Å². The van der Waals surface area contributed by atoms with Crippen LogP contribution < -0.4 is 10.6 Å². The van der Waals surface area contributed by atoms with Gasteiger partial charge < -0.3 is 35.2 Å². The van der Waals surface area contributed by atoms with Crippen LogP contribution in [0.25, 0.3) is 22.1 Å². The minimum Gasteiger partial charge on any atom is -0.480 e. The maximum absolute atomic E-state index is 14.4. The minimum absolute atomic E-state index is 0.0601. The number of ketones is 2. The van der Waals surface area contributed by atoms with Crippen molar-refractivity contribution in [2.45, 2.75) is 142 Å². The fraction of sp³-hybridized carbons (Fsp3) is 0.551. The molecule has 15 nitrogen and oxygen atoms in total. The third-order valence-electron chi connectivity index (χ3n) is 13.3. The molecule has 2 unspecified atom stereocenters. The number of amides is 2. The van der Waals surface area contributed by atoms with Crippen molar-refractivity contribution in [3.63, 3.8) is 0 Å². The summed E-state index contributed by atoms with van der Waals surface area (Å²) >= 11 is 0. The summed E-state index contributed by atoms with van der Waals surface area (Å²) in [6, 6.07) is 4.82. The van der Waals surface area contributed by atoms with Gasteiger partial charge in [0.25, 0.3) is 0 Å². The lowest BCUT2D eigenvalue weighted by atomic mass is 9.84. The van der Waals surface area contributed by atoms with Crippen molar-refractivity contribution in [1.29, 1.82) is 0 Å². The van der Waals surface area contributed by atoms with Gasteiger partial charge in [0.15, 0.2) is 11.6 Å². The molecule has 0 radical (unpaired) electrons.